The summed E-state index contributed by atoms with van der Waals surface area (Å²) in [7, 11) is 0. The van der Waals surface area contributed by atoms with Crippen LogP contribution in [-0.2, 0) is 0 Å². The maximum Gasteiger partial charge on any atom is 0.0107 e. The van der Waals surface area contributed by atoms with Crippen LogP contribution in [0.4, 0.5) is 0 Å². The topological polar surface area (TPSA) is 3.24 Å². The van der Waals surface area contributed by atoms with Crippen LogP contribution in [0.15, 0.2) is 0 Å². The average molecular weight is 125 g/mol. The third kappa shape index (κ3) is 0.983. The van der Waals surface area contributed by atoms with E-state index in [1.807, 2.05) is 0 Å². The van der Waals surface area contributed by atoms with E-state index in [1.54, 1.807) is 0 Å². The smallest absolute Gasteiger partial charge is 0.0107 e. The summed E-state index contributed by atoms with van der Waals surface area (Å²) in [5.41, 5.74) is 0. The highest BCUT2D eigenvalue weighted by molar-refractivity contribution is 4.84. The molecule has 1 atom stereocenters. The van der Waals surface area contributed by atoms with Gasteiger partial charge in [0.15, 0.2) is 0 Å². The van der Waals surface area contributed by atoms with Crippen LogP contribution in [0.1, 0.15) is 32.1 Å². The molecule has 52 valence electrons. The van der Waals surface area contributed by atoms with Crippen LogP contribution >= 0.6 is 0 Å². The van der Waals surface area contributed by atoms with E-state index < -0.39 is 0 Å². The van der Waals surface area contributed by atoms with Crippen molar-refractivity contribution in [2.75, 3.05) is 13.1 Å². The van der Waals surface area contributed by atoms with Gasteiger partial charge in [-0.1, -0.05) is 12.8 Å². The summed E-state index contributed by atoms with van der Waals surface area (Å²) in [5, 5.41) is 0. The molecule has 0 aromatic carbocycles. The first kappa shape index (κ1) is 5.72. The highest BCUT2D eigenvalue weighted by atomic mass is 15.2. The highest BCUT2D eigenvalue weighted by Gasteiger charge is 2.27. The Morgan fingerprint density at radius 2 is 1.89 bits per heavy atom. The van der Waals surface area contributed by atoms with Crippen LogP contribution in [0.25, 0.3) is 0 Å². The van der Waals surface area contributed by atoms with Crippen molar-refractivity contribution in [1.82, 2.24) is 4.90 Å². The lowest BCUT2D eigenvalue weighted by Crippen LogP contribution is -2.46. The van der Waals surface area contributed by atoms with Crippen LogP contribution in [0, 0.1) is 0 Å². The van der Waals surface area contributed by atoms with E-state index in [1.165, 1.54) is 45.2 Å². The number of hydrogen-bond acceptors (Lipinski definition) is 1. The summed E-state index contributed by atoms with van der Waals surface area (Å²) in [6.07, 6.45) is 7.39. The van der Waals surface area contributed by atoms with Gasteiger partial charge in [-0.05, 0) is 32.4 Å². The molecule has 1 heteroatoms. The quantitative estimate of drug-likeness (QED) is 0.475. The van der Waals surface area contributed by atoms with Gasteiger partial charge in [-0.15, -0.1) is 0 Å². The molecule has 0 saturated carbocycles. The van der Waals surface area contributed by atoms with Gasteiger partial charge in [-0.25, -0.2) is 0 Å². The monoisotopic (exact) mass is 125 g/mol. The van der Waals surface area contributed by atoms with Crippen molar-refractivity contribution in [3.05, 3.63) is 0 Å². The molecule has 2 heterocycles. The Balaban J connectivity index is 1.90. The number of hydrogen-bond donors (Lipinski definition) is 0. The Hall–Kier alpha value is -0.0400. The minimum Gasteiger partial charge on any atom is -0.300 e. The third-order valence-electron chi connectivity index (χ3n) is 2.75. The third-order valence-corrected chi connectivity index (χ3v) is 2.75. The molecular weight excluding hydrogens is 110 g/mol. The Morgan fingerprint density at radius 1 is 0.889 bits per heavy atom. The first-order valence-electron chi connectivity index (χ1n) is 4.21. The Morgan fingerprint density at radius 3 is 2.67 bits per heavy atom. The van der Waals surface area contributed by atoms with Crippen molar-refractivity contribution in [3.8, 4) is 0 Å². The first-order chi connectivity index (χ1) is 4.47. The minimum atomic E-state index is 1.01. The molecule has 2 rings (SSSR count). The van der Waals surface area contributed by atoms with Crippen LogP contribution in [0.3, 0.4) is 0 Å². The second kappa shape index (κ2) is 2.30. The molecule has 2 fully saturated rings. The zero-order valence-corrected chi connectivity index (χ0v) is 5.97. The molecule has 1 unspecified atom stereocenters. The zero-order valence-electron chi connectivity index (χ0n) is 5.97. The molecule has 0 radical (unpaired) electrons. The van der Waals surface area contributed by atoms with Gasteiger partial charge in [-0.2, -0.15) is 0 Å². The zero-order chi connectivity index (χ0) is 6.10. The molecule has 9 heavy (non-hydrogen) atoms. The molecule has 0 bridgehead atoms. The molecule has 0 aromatic rings. The second-order valence-electron chi connectivity index (χ2n) is 3.33. The molecule has 2 aliphatic heterocycles. The summed E-state index contributed by atoms with van der Waals surface area (Å²) >= 11 is 0. The fourth-order valence-electron chi connectivity index (χ4n) is 1.99. The fourth-order valence-corrected chi connectivity index (χ4v) is 1.99. The summed E-state index contributed by atoms with van der Waals surface area (Å²) in [4.78, 5) is 2.65. The van der Waals surface area contributed by atoms with Gasteiger partial charge in [0.2, 0.25) is 0 Å². The van der Waals surface area contributed by atoms with Gasteiger partial charge in [0.25, 0.3) is 0 Å². The summed E-state index contributed by atoms with van der Waals surface area (Å²) in [6, 6.07) is 1.01. The van der Waals surface area contributed by atoms with Crippen LogP contribution in [-0.4, -0.2) is 24.0 Å². The van der Waals surface area contributed by atoms with Gasteiger partial charge in [0.05, 0.1) is 0 Å². The molecule has 0 amide bonds. The molecule has 0 N–H and O–H groups in total. The molecule has 0 spiro atoms. The number of rotatable bonds is 0. The lowest BCUT2D eigenvalue weighted by Gasteiger charge is -2.39. The standard InChI is InChI=1S/C8H15N/c1-2-4-8-5-7-9(8)6-3-1/h8H,1-7H2. The fraction of sp³-hybridized carbons (Fsp3) is 1.00. The molecular formula is C8H15N. The van der Waals surface area contributed by atoms with Crippen LogP contribution in [0.5, 0.6) is 0 Å². The molecule has 1 nitrogen and oxygen atoms in total. The van der Waals surface area contributed by atoms with Crippen molar-refractivity contribution in [2.24, 2.45) is 0 Å². The molecule has 2 saturated heterocycles. The van der Waals surface area contributed by atoms with Gasteiger partial charge in [-0.3, -0.25) is 0 Å². The molecule has 2 aliphatic rings. The second-order valence-corrected chi connectivity index (χ2v) is 3.33. The van der Waals surface area contributed by atoms with E-state index in [0.29, 0.717) is 0 Å². The van der Waals surface area contributed by atoms with Gasteiger partial charge < -0.3 is 4.90 Å². The maximum absolute atomic E-state index is 2.65. The maximum atomic E-state index is 2.65. The van der Waals surface area contributed by atoms with Crippen molar-refractivity contribution in [2.45, 2.75) is 38.1 Å². The van der Waals surface area contributed by atoms with E-state index in [9.17, 15) is 0 Å². The van der Waals surface area contributed by atoms with Crippen molar-refractivity contribution in [1.29, 1.82) is 0 Å². The SMILES string of the molecule is C1CCC2CCN2CC1. The van der Waals surface area contributed by atoms with Gasteiger partial charge >= 0.3 is 0 Å². The van der Waals surface area contributed by atoms with E-state index in [4.69, 9.17) is 0 Å². The average Bonchev–Trinajstić information content (AvgIpc) is 1.94. The Kier molecular flexibility index (Phi) is 1.46. The lowest BCUT2D eigenvalue weighted by molar-refractivity contribution is 0.0946. The van der Waals surface area contributed by atoms with E-state index >= 15 is 0 Å². The lowest BCUT2D eigenvalue weighted by atomic mass is 10.00. The van der Waals surface area contributed by atoms with E-state index in [2.05, 4.69) is 4.90 Å². The summed E-state index contributed by atoms with van der Waals surface area (Å²) in [6.45, 7) is 2.79. The van der Waals surface area contributed by atoms with Gasteiger partial charge in [0, 0.05) is 6.04 Å². The van der Waals surface area contributed by atoms with Crippen molar-refractivity contribution in [3.63, 3.8) is 0 Å². The van der Waals surface area contributed by atoms with Crippen LogP contribution in [0.2, 0.25) is 0 Å². The molecule has 0 aliphatic carbocycles. The predicted octanol–water partition coefficient (Wildman–Crippen LogP) is 1.63. The van der Waals surface area contributed by atoms with E-state index in [0.717, 1.165) is 6.04 Å². The highest BCUT2D eigenvalue weighted by Crippen LogP contribution is 2.26. The van der Waals surface area contributed by atoms with E-state index in [-0.39, 0.29) is 0 Å². The number of fused-ring (bicyclic) bond motifs is 1. The van der Waals surface area contributed by atoms with Crippen LogP contribution < -0.4 is 0 Å². The number of nitrogens with zero attached hydrogens (tertiary/aromatic N) is 1. The molecule has 0 aromatic heterocycles. The minimum absolute atomic E-state index is 1.01. The predicted molar refractivity (Wildman–Crippen MR) is 38.4 cm³/mol. The van der Waals surface area contributed by atoms with Crippen molar-refractivity contribution < 1.29 is 0 Å². The first-order valence-corrected chi connectivity index (χ1v) is 4.21. The Bertz CT molecular complexity index is 88.7. The normalized spacial score (nSPS) is 36.7. The summed E-state index contributed by atoms with van der Waals surface area (Å²) < 4.78 is 0. The summed E-state index contributed by atoms with van der Waals surface area (Å²) in [5.74, 6) is 0. The van der Waals surface area contributed by atoms with Crippen molar-refractivity contribution >= 4 is 0 Å². The van der Waals surface area contributed by atoms with Gasteiger partial charge in [0.1, 0.15) is 0 Å². The Labute approximate surface area is 57.0 Å². The largest absolute Gasteiger partial charge is 0.300 e.